The Morgan fingerprint density at radius 1 is 1.08 bits per heavy atom. The summed E-state index contributed by atoms with van der Waals surface area (Å²) in [6, 6.07) is 0. The number of nitrogens with one attached hydrogen (secondary N) is 1. The van der Waals surface area contributed by atoms with Crippen LogP contribution in [0.4, 0.5) is 0 Å². The van der Waals surface area contributed by atoms with E-state index in [1.165, 1.54) is 45.1 Å². The summed E-state index contributed by atoms with van der Waals surface area (Å²) in [5, 5.41) is 3.22. The summed E-state index contributed by atoms with van der Waals surface area (Å²) in [6.45, 7) is 5.77. The second-order valence-corrected chi connectivity index (χ2v) is 3.87. The van der Waals surface area contributed by atoms with E-state index in [0.29, 0.717) is 0 Å². The van der Waals surface area contributed by atoms with Crippen molar-refractivity contribution < 1.29 is 0 Å². The third-order valence-electron chi connectivity index (χ3n) is 2.35. The average molecular weight is 171 g/mol. The highest BCUT2D eigenvalue weighted by Crippen LogP contribution is 2.10. The molecule has 0 fully saturated rings. The fourth-order valence-electron chi connectivity index (χ4n) is 1.55. The summed E-state index contributed by atoms with van der Waals surface area (Å²) in [7, 11) is 2.04. The second kappa shape index (κ2) is 9.05. The predicted octanol–water partition coefficient (Wildman–Crippen LogP) is 3.20. The van der Waals surface area contributed by atoms with E-state index in [4.69, 9.17) is 0 Å². The van der Waals surface area contributed by atoms with Crippen LogP contribution in [0.3, 0.4) is 0 Å². The smallest absolute Gasteiger partial charge is 0.00262 e. The Labute approximate surface area is 77.9 Å². The molecule has 1 atom stereocenters. The third kappa shape index (κ3) is 8.06. The summed E-state index contributed by atoms with van der Waals surface area (Å²) in [5.74, 6) is 0.858. The van der Waals surface area contributed by atoms with Crippen molar-refractivity contribution in [3.05, 3.63) is 0 Å². The number of unbranched alkanes of at least 4 members (excludes halogenated alkanes) is 4. The van der Waals surface area contributed by atoms with Crippen LogP contribution in [0.15, 0.2) is 0 Å². The quantitative estimate of drug-likeness (QED) is 0.553. The molecule has 0 radical (unpaired) electrons. The van der Waals surface area contributed by atoms with Gasteiger partial charge in [-0.2, -0.15) is 0 Å². The zero-order chi connectivity index (χ0) is 9.23. The van der Waals surface area contributed by atoms with Gasteiger partial charge in [0.1, 0.15) is 0 Å². The fourth-order valence-corrected chi connectivity index (χ4v) is 1.55. The summed E-state index contributed by atoms with van der Waals surface area (Å²) in [5.41, 5.74) is 0. The Bertz CT molecular complexity index is 81.1. The molecule has 1 nitrogen and oxygen atoms in total. The highest BCUT2D eigenvalue weighted by Gasteiger charge is 1.98. The Morgan fingerprint density at radius 2 is 1.75 bits per heavy atom. The number of rotatable bonds is 8. The molecule has 0 aromatic rings. The van der Waals surface area contributed by atoms with E-state index in [1.807, 2.05) is 7.05 Å². The molecule has 0 aromatic carbocycles. The van der Waals surface area contributed by atoms with Gasteiger partial charge in [0, 0.05) is 0 Å². The molecule has 12 heavy (non-hydrogen) atoms. The van der Waals surface area contributed by atoms with Gasteiger partial charge in [0.25, 0.3) is 0 Å². The number of hydrogen-bond donors (Lipinski definition) is 1. The molecule has 0 aliphatic carbocycles. The minimum atomic E-state index is 0.858. The monoisotopic (exact) mass is 171 g/mol. The summed E-state index contributed by atoms with van der Waals surface area (Å²) in [4.78, 5) is 0. The molecule has 0 spiro atoms. The highest BCUT2D eigenvalue weighted by molar-refractivity contribution is 4.55. The number of hydrogen-bond acceptors (Lipinski definition) is 1. The van der Waals surface area contributed by atoms with Gasteiger partial charge in [0.05, 0.1) is 0 Å². The molecule has 0 unspecified atom stereocenters. The van der Waals surface area contributed by atoms with E-state index < -0.39 is 0 Å². The first-order valence-electron chi connectivity index (χ1n) is 5.45. The zero-order valence-corrected chi connectivity index (χ0v) is 9.03. The minimum Gasteiger partial charge on any atom is -0.319 e. The molecular weight excluding hydrogens is 146 g/mol. The maximum atomic E-state index is 3.22. The third-order valence-corrected chi connectivity index (χ3v) is 2.35. The standard InChI is InChI=1S/C11H25N/c1-4-5-6-7-8-9-11(2)10-12-3/h11-12H,4-10H2,1-3H3/t11-/m0/s1. The van der Waals surface area contributed by atoms with Crippen LogP contribution in [-0.4, -0.2) is 13.6 Å². The van der Waals surface area contributed by atoms with E-state index in [1.54, 1.807) is 0 Å². The molecule has 0 heterocycles. The van der Waals surface area contributed by atoms with E-state index in [-0.39, 0.29) is 0 Å². The van der Waals surface area contributed by atoms with Crippen LogP contribution in [0, 0.1) is 5.92 Å². The molecule has 0 aliphatic heterocycles. The van der Waals surface area contributed by atoms with Crippen LogP contribution >= 0.6 is 0 Å². The van der Waals surface area contributed by atoms with Crippen molar-refractivity contribution in [1.82, 2.24) is 5.32 Å². The van der Waals surface area contributed by atoms with Crippen LogP contribution < -0.4 is 5.32 Å². The summed E-state index contributed by atoms with van der Waals surface area (Å²) < 4.78 is 0. The lowest BCUT2D eigenvalue weighted by Crippen LogP contribution is -2.15. The maximum Gasteiger partial charge on any atom is -0.00262 e. The average Bonchev–Trinajstić information content (AvgIpc) is 2.05. The van der Waals surface area contributed by atoms with Crippen LogP contribution in [0.1, 0.15) is 52.4 Å². The van der Waals surface area contributed by atoms with Crippen molar-refractivity contribution in [3.63, 3.8) is 0 Å². The van der Waals surface area contributed by atoms with Gasteiger partial charge >= 0.3 is 0 Å². The van der Waals surface area contributed by atoms with E-state index in [2.05, 4.69) is 19.2 Å². The lowest BCUT2D eigenvalue weighted by molar-refractivity contribution is 0.468. The van der Waals surface area contributed by atoms with Crippen molar-refractivity contribution >= 4 is 0 Å². The Hall–Kier alpha value is -0.0400. The molecule has 1 N–H and O–H groups in total. The molecule has 0 aromatic heterocycles. The van der Waals surface area contributed by atoms with Gasteiger partial charge in [-0.05, 0) is 25.9 Å². The SMILES string of the molecule is CCCCCCC[C@H](C)CNC. The van der Waals surface area contributed by atoms with Crippen molar-refractivity contribution in [2.75, 3.05) is 13.6 Å². The lowest BCUT2D eigenvalue weighted by Gasteiger charge is -2.09. The molecule has 1 heteroatoms. The van der Waals surface area contributed by atoms with Crippen molar-refractivity contribution in [2.45, 2.75) is 52.4 Å². The highest BCUT2D eigenvalue weighted by atomic mass is 14.8. The minimum absolute atomic E-state index is 0.858. The Balaban J connectivity index is 2.97. The molecule has 0 saturated carbocycles. The Kier molecular flexibility index (Phi) is 9.02. The van der Waals surface area contributed by atoms with E-state index in [0.717, 1.165) is 5.92 Å². The summed E-state index contributed by atoms with van der Waals surface area (Å²) >= 11 is 0. The van der Waals surface area contributed by atoms with Crippen LogP contribution in [0.25, 0.3) is 0 Å². The van der Waals surface area contributed by atoms with Crippen LogP contribution in [0.5, 0.6) is 0 Å². The first-order chi connectivity index (χ1) is 5.81. The first-order valence-corrected chi connectivity index (χ1v) is 5.45. The van der Waals surface area contributed by atoms with Gasteiger partial charge in [0.15, 0.2) is 0 Å². The molecular formula is C11H25N. The molecule has 0 saturated heterocycles. The molecule has 0 aliphatic rings. The molecule has 0 rings (SSSR count). The Morgan fingerprint density at radius 3 is 2.33 bits per heavy atom. The van der Waals surface area contributed by atoms with Gasteiger partial charge in [-0.1, -0.05) is 46.0 Å². The van der Waals surface area contributed by atoms with Gasteiger partial charge < -0.3 is 5.32 Å². The van der Waals surface area contributed by atoms with Crippen molar-refractivity contribution in [2.24, 2.45) is 5.92 Å². The molecule has 0 amide bonds. The molecule has 0 bridgehead atoms. The topological polar surface area (TPSA) is 12.0 Å². The van der Waals surface area contributed by atoms with Crippen molar-refractivity contribution in [3.8, 4) is 0 Å². The summed E-state index contributed by atoms with van der Waals surface area (Å²) in [6.07, 6.45) is 8.45. The largest absolute Gasteiger partial charge is 0.319 e. The normalized spacial score (nSPS) is 13.2. The van der Waals surface area contributed by atoms with Crippen LogP contribution in [0.2, 0.25) is 0 Å². The second-order valence-electron chi connectivity index (χ2n) is 3.87. The fraction of sp³-hybridized carbons (Fsp3) is 1.00. The predicted molar refractivity (Wildman–Crippen MR) is 56.5 cm³/mol. The first kappa shape index (κ1) is 12.0. The van der Waals surface area contributed by atoms with Gasteiger partial charge in [-0.15, -0.1) is 0 Å². The molecule has 74 valence electrons. The zero-order valence-electron chi connectivity index (χ0n) is 9.03. The van der Waals surface area contributed by atoms with E-state index in [9.17, 15) is 0 Å². The van der Waals surface area contributed by atoms with Gasteiger partial charge in [-0.25, -0.2) is 0 Å². The lowest BCUT2D eigenvalue weighted by atomic mass is 10.0. The van der Waals surface area contributed by atoms with Crippen LogP contribution in [-0.2, 0) is 0 Å². The maximum absolute atomic E-state index is 3.22. The van der Waals surface area contributed by atoms with E-state index >= 15 is 0 Å². The van der Waals surface area contributed by atoms with Crippen molar-refractivity contribution in [1.29, 1.82) is 0 Å². The van der Waals surface area contributed by atoms with Gasteiger partial charge in [0.2, 0.25) is 0 Å². The van der Waals surface area contributed by atoms with Gasteiger partial charge in [-0.3, -0.25) is 0 Å².